The molecular weight excluding hydrogens is 384 g/mol. The van der Waals surface area contributed by atoms with Crippen molar-refractivity contribution in [3.63, 3.8) is 0 Å². The summed E-state index contributed by atoms with van der Waals surface area (Å²) >= 11 is 0. The second kappa shape index (κ2) is 10.1. The van der Waals surface area contributed by atoms with E-state index in [9.17, 15) is 9.59 Å². The van der Waals surface area contributed by atoms with Gasteiger partial charge in [0.25, 0.3) is 0 Å². The first kappa shape index (κ1) is 22.5. The molecule has 0 saturated carbocycles. The number of guanidine groups is 2. The number of hydrogen-bond donors (Lipinski definition) is 4. The Labute approximate surface area is 174 Å². The van der Waals surface area contributed by atoms with Crippen molar-refractivity contribution in [3.05, 3.63) is 46.5 Å². The van der Waals surface area contributed by atoms with Crippen molar-refractivity contribution in [1.29, 1.82) is 0 Å². The van der Waals surface area contributed by atoms with Crippen molar-refractivity contribution < 1.29 is 9.59 Å². The first-order valence-electron chi connectivity index (χ1n) is 9.35. The number of Topliss-reactive ketones (excluding diaryl/α,β-unsaturated/α-hetero) is 2. The van der Waals surface area contributed by atoms with Crippen LogP contribution in [0.1, 0.15) is 60.2 Å². The molecule has 0 amide bonds. The van der Waals surface area contributed by atoms with Crippen LogP contribution in [0.2, 0.25) is 0 Å². The molecule has 1 aliphatic carbocycles. The number of hydrogen-bond acceptors (Lipinski definition) is 6. The van der Waals surface area contributed by atoms with Crippen LogP contribution in [0.5, 0.6) is 0 Å². The van der Waals surface area contributed by atoms with Gasteiger partial charge in [-0.1, -0.05) is 24.3 Å². The molecule has 0 heterocycles. The molecule has 0 radical (unpaired) electrons. The van der Waals surface area contributed by atoms with Crippen molar-refractivity contribution in [2.45, 2.75) is 39.5 Å². The Balaban J connectivity index is 2.34. The molecule has 1 aromatic carbocycles. The van der Waals surface area contributed by atoms with Crippen LogP contribution in [0, 0.1) is 0 Å². The van der Waals surface area contributed by atoms with Crippen LogP contribution >= 0.6 is 0 Å². The zero-order chi connectivity index (χ0) is 22.3. The van der Waals surface area contributed by atoms with E-state index in [0.29, 0.717) is 59.4 Å². The van der Waals surface area contributed by atoms with Crippen LogP contribution < -0.4 is 22.9 Å². The van der Waals surface area contributed by atoms with Gasteiger partial charge in [0.1, 0.15) is 0 Å². The van der Waals surface area contributed by atoms with Gasteiger partial charge in [0, 0.05) is 33.7 Å². The van der Waals surface area contributed by atoms with Gasteiger partial charge in [-0.2, -0.15) is 10.2 Å². The van der Waals surface area contributed by atoms with Gasteiger partial charge in [0.15, 0.2) is 11.6 Å². The fraction of sp³-hybridized carbons (Fsp3) is 0.300. The summed E-state index contributed by atoms with van der Waals surface area (Å²) in [5.41, 5.74) is 24.2. The second-order valence-corrected chi connectivity index (χ2v) is 6.88. The molecule has 30 heavy (non-hydrogen) atoms. The summed E-state index contributed by atoms with van der Waals surface area (Å²) in [4.78, 5) is 26.2. The van der Waals surface area contributed by atoms with E-state index in [1.165, 1.54) is 0 Å². The Hall–Kier alpha value is -3.82. The van der Waals surface area contributed by atoms with Crippen LogP contribution in [0.4, 0.5) is 0 Å². The van der Waals surface area contributed by atoms with Crippen molar-refractivity contribution in [3.8, 4) is 0 Å². The first-order valence-corrected chi connectivity index (χ1v) is 9.35. The van der Waals surface area contributed by atoms with Crippen molar-refractivity contribution in [2.75, 3.05) is 0 Å². The topological polar surface area (TPSA) is 188 Å². The molecule has 0 atom stereocenters. The van der Waals surface area contributed by atoms with Gasteiger partial charge < -0.3 is 22.9 Å². The molecule has 1 aromatic rings. The van der Waals surface area contributed by atoms with Gasteiger partial charge in [-0.15, -0.1) is 10.2 Å². The Morgan fingerprint density at radius 1 is 0.700 bits per heavy atom. The van der Waals surface area contributed by atoms with E-state index in [1.54, 1.807) is 38.1 Å². The molecular formula is C20H26N8O2. The fourth-order valence-corrected chi connectivity index (χ4v) is 3.01. The number of carbonyl (C=O) groups excluding carboxylic acids is 2. The lowest BCUT2D eigenvalue weighted by Crippen LogP contribution is -2.23. The van der Waals surface area contributed by atoms with Crippen molar-refractivity contribution >= 4 is 34.9 Å². The third kappa shape index (κ3) is 5.84. The van der Waals surface area contributed by atoms with Gasteiger partial charge in [-0.25, -0.2) is 0 Å². The van der Waals surface area contributed by atoms with E-state index < -0.39 is 0 Å². The first-order chi connectivity index (χ1) is 14.2. The quantitative estimate of drug-likeness (QED) is 0.283. The van der Waals surface area contributed by atoms with Crippen molar-refractivity contribution in [2.24, 2.45) is 43.3 Å². The summed E-state index contributed by atoms with van der Waals surface area (Å²) in [6.07, 6.45) is 1.54. The molecule has 1 aliphatic rings. The highest BCUT2D eigenvalue weighted by Crippen LogP contribution is 2.31. The molecule has 10 heteroatoms. The number of nitrogens with zero attached hydrogens (tertiary/aromatic N) is 4. The lowest BCUT2D eigenvalue weighted by atomic mass is 9.80. The molecule has 10 nitrogen and oxygen atoms in total. The Kier molecular flexibility index (Phi) is 7.56. The number of allylic oxidation sites excluding steroid dienone is 2. The average Bonchev–Trinajstić information content (AvgIpc) is 2.71. The standard InChI is InChI=1S/C20H26N8O2/c1-11(25-27-19(21)22)7-9-15-16(10-8-12(2)26-28-20(23)24)18(30)14-6-4-3-5-13(14)17(15)29/h3-6H,7-10H2,1-2H3,(H4,21,22,27)(H4,23,24,28)/b25-11-,26-12+. The number of ketones is 2. The highest BCUT2D eigenvalue weighted by atomic mass is 16.1. The highest BCUT2D eigenvalue weighted by molar-refractivity contribution is 6.27. The average molecular weight is 410 g/mol. The summed E-state index contributed by atoms with van der Waals surface area (Å²) in [5.74, 6) is -0.618. The molecule has 2 rings (SSSR count). The monoisotopic (exact) mass is 410 g/mol. The van der Waals surface area contributed by atoms with Gasteiger partial charge in [-0.3, -0.25) is 9.59 Å². The minimum Gasteiger partial charge on any atom is -0.369 e. The summed E-state index contributed by atoms with van der Waals surface area (Å²) in [7, 11) is 0. The predicted octanol–water partition coefficient (Wildman–Crippen LogP) is 1.22. The number of nitrogens with two attached hydrogens (primary N) is 4. The number of fused-ring (bicyclic) bond motifs is 1. The summed E-state index contributed by atoms with van der Waals surface area (Å²) < 4.78 is 0. The minimum absolute atomic E-state index is 0.150. The molecule has 0 bridgehead atoms. The molecule has 0 fully saturated rings. The Morgan fingerprint density at radius 2 is 1.07 bits per heavy atom. The van der Waals surface area contributed by atoms with E-state index in [-0.39, 0.29) is 23.5 Å². The summed E-state index contributed by atoms with van der Waals surface area (Å²) in [5, 5.41) is 15.1. The predicted molar refractivity (Wildman–Crippen MR) is 118 cm³/mol. The molecule has 0 spiro atoms. The van der Waals surface area contributed by atoms with Crippen LogP contribution in [0.15, 0.2) is 55.8 Å². The van der Waals surface area contributed by atoms with Crippen LogP contribution in [0.25, 0.3) is 0 Å². The van der Waals surface area contributed by atoms with Crippen LogP contribution in [-0.4, -0.2) is 34.9 Å². The third-order valence-corrected chi connectivity index (χ3v) is 4.47. The lowest BCUT2D eigenvalue weighted by Gasteiger charge is -2.21. The highest BCUT2D eigenvalue weighted by Gasteiger charge is 2.31. The van der Waals surface area contributed by atoms with E-state index in [1.807, 2.05) is 0 Å². The molecule has 158 valence electrons. The number of carbonyl (C=O) groups is 2. The fourth-order valence-electron chi connectivity index (χ4n) is 3.01. The molecule has 0 unspecified atom stereocenters. The van der Waals surface area contributed by atoms with Gasteiger partial charge in [0.05, 0.1) is 0 Å². The minimum atomic E-state index is -0.159. The van der Waals surface area contributed by atoms with E-state index in [4.69, 9.17) is 22.9 Å². The maximum absolute atomic E-state index is 13.1. The maximum Gasteiger partial charge on any atom is 0.211 e. The largest absolute Gasteiger partial charge is 0.369 e. The second-order valence-electron chi connectivity index (χ2n) is 6.88. The summed E-state index contributed by atoms with van der Waals surface area (Å²) in [6, 6.07) is 6.81. The molecule has 8 N–H and O–H groups in total. The Bertz CT molecular complexity index is 915. The van der Waals surface area contributed by atoms with E-state index >= 15 is 0 Å². The molecule has 0 aliphatic heterocycles. The number of benzene rings is 1. The lowest BCUT2D eigenvalue weighted by molar-refractivity contribution is 0.0969. The molecule has 0 saturated heterocycles. The maximum atomic E-state index is 13.1. The Morgan fingerprint density at radius 3 is 1.40 bits per heavy atom. The van der Waals surface area contributed by atoms with Gasteiger partial charge in [-0.05, 0) is 39.5 Å². The van der Waals surface area contributed by atoms with E-state index in [0.717, 1.165) is 0 Å². The SMILES string of the molecule is C/C(CCC1=C(CC/C(C)=N/N=C(N)N)C(=O)c2ccccc2C1=O)=N/N=C(N)N. The van der Waals surface area contributed by atoms with Gasteiger partial charge in [0.2, 0.25) is 11.9 Å². The summed E-state index contributed by atoms with van der Waals surface area (Å²) in [6.45, 7) is 3.50. The third-order valence-electron chi connectivity index (χ3n) is 4.47. The molecule has 0 aromatic heterocycles. The van der Waals surface area contributed by atoms with Gasteiger partial charge >= 0.3 is 0 Å². The van der Waals surface area contributed by atoms with Crippen LogP contribution in [0.3, 0.4) is 0 Å². The van der Waals surface area contributed by atoms with E-state index in [2.05, 4.69) is 20.4 Å². The van der Waals surface area contributed by atoms with Crippen molar-refractivity contribution in [1.82, 2.24) is 0 Å². The number of rotatable bonds is 8. The smallest absolute Gasteiger partial charge is 0.211 e. The zero-order valence-electron chi connectivity index (χ0n) is 17.1. The normalized spacial score (nSPS) is 14.5. The zero-order valence-corrected chi connectivity index (χ0v) is 17.1. The van der Waals surface area contributed by atoms with Crippen LogP contribution in [-0.2, 0) is 0 Å².